The fourth-order valence-electron chi connectivity index (χ4n) is 3.12. The van der Waals surface area contributed by atoms with Gasteiger partial charge in [-0.2, -0.15) is 5.10 Å². The molecule has 31 heavy (non-hydrogen) atoms. The van der Waals surface area contributed by atoms with E-state index in [1.165, 1.54) is 0 Å². The zero-order valence-electron chi connectivity index (χ0n) is 18.6. The summed E-state index contributed by atoms with van der Waals surface area (Å²) in [6.07, 6.45) is 0.888. The summed E-state index contributed by atoms with van der Waals surface area (Å²) in [5.74, 6) is 1.35. The number of hydrogen-bond acceptors (Lipinski definition) is 6. The second-order valence-corrected chi connectivity index (χ2v) is 8.94. The standard InChI is InChI=1S/C22H29ClN6O2/c1-6-11-29(13-19(30)24-18-12-17(22(2,3)4)27-28(18)5)14-20-25-26-21(31-20)15-9-7-8-10-16(15)23/h7-10,12H,6,11,13-14H2,1-5H3,(H,24,30). The van der Waals surface area contributed by atoms with Crippen molar-refractivity contribution in [2.75, 3.05) is 18.4 Å². The fourth-order valence-corrected chi connectivity index (χ4v) is 3.34. The van der Waals surface area contributed by atoms with Gasteiger partial charge in [0.1, 0.15) is 5.82 Å². The van der Waals surface area contributed by atoms with Crippen LogP contribution in [0.2, 0.25) is 5.02 Å². The Morgan fingerprint density at radius 3 is 2.65 bits per heavy atom. The molecule has 2 heterocycles. The minimum Gasteiger partial charge on any atom is -0.419 e. The SMILES string of the molecule is CCCN(CC(=O)Nc1cc(C(C)(C)C)nn1C)Cc1nnc(-c2ccccc2Cl)o1. The number of aryl methyl sites for hydroxylation is 1. The molecule has 0 aliphatic rings. The average molecular weight is 445 g/mol. The largest absolute Gasteiger partial charge is 0.419 e. The molecule has 0 saturated carbocycles. The van der Waals surface area contributed by atoms with E-state index in [4.69, 9.17) is 16.0 Å². The van der Waals surface area contributed by atoms with Crippen molar-refractivity contribution >= 4 is 23.3 Å². The Hall–Kier alpha value is -2.71. The highest BCUT2D eigenvalue weighted by Crippen LogP contribution is 2.26. The Labute approximate surface area is 187 Å². The van der Waals surface area contributed by atoms with Gasteiger partial charge in [0.05, 0.1) is 29.4 Å². The molecule has 0 fully saturated rings. The van der Waals surface area contributed by atoms with Crippen molar-refractivity contribution in [3.8, 4) is 11.5 Å². The minimum absolute atomic E-state index is 0.0910. The molecular weight excluding hydrogens is 416 g/mol. The van der Waals surface area contributed by atoms with Gasteiger partial charge in [-0.25, -0.2) is 0 Å². The van der Waals surface area contributed by atoms with E-state index in [0.29, 0.717) is 34.7 Å². The van der Waals surface area contributed by atoms with Crippen molar-refractivity contribution in [3.63, 3.8) is 0 Å². The second-order valence-electron chi connectivity index (χ2n) is 8.53. The third-order valence-corrected chi connectivity index (χ3v) is 5.08. The Kier molecular flexibility index (Phi) is 7.12. The summed E-state index contributed by atoms with van der Waals surface area (Å²) in [5, 5.41) is 16.2. The van der Waals surface area contributed by atoms with Crippen LogP contribution in [0.3, 0.4) is 0 Å². The Morgan fingerprint density at radius 1 is 1.26 bits per heavy atom. The number of amides is 1. The number of carbonyl (C=O) groups is 1. The number of anilines is 1. The van der Waals surface area contributed by atoms with Gasteiger partial charge in [0.2, 0.25) is 17.7 Å². The van der Waals surface area contributed by atoms with Gasteiger partial charge in [0.25, 0.3) is 0 Å². The van der Waals surface area contributed by atoms with E-state index in [2.05, 4.69) is 48.3 Å². The van der Waals surface area contributed by atoms with Crippen LogP contribution in [0.5, 0.6) is 0 Å². The number of aromatic nitrogens is 4. The van der Waals surface area contributed by atoms with Crippen molar-refractivity contribution in [3.05, 3.63) is 46.9 Å². The first-order valence-corrected chi connectivity index (χ1v) is 10.7. The van der Waals surface area contributed by atoms with Crippen LogP contribution in [-0.4, -0.2) is 43.9 Å². The number of rotatable bonds is 8. The molecular formula is C22H29ClN6O2. The van der Waals surface area contributed by atoms with Crippen LogP contribution in [0.4, 0.5) is 5.82 Å². The molecule has 3 rings (SSSR count). The van der Waals surface area contributed by atoms with Gasteiger partial charge in [-0.3, -0.25) is 14.4 Å². The van der Waals surface area contributed by atoms with Gasteiger partial charge < -0.3 is 9.73 Å². The number of benzene rings is 1. The minimum atomic E-state index is -0.122. The molecule has 9 heteroatoms. The third kappa shape index (κ3) is 5.92. The summed E-state index contributed by atoms with van der Waals surface area (Å²) in [4.78, 5) is 14.7. The van der Waals surface area contributed by atoms with Crippen molar-refractivity contribution < 1.29 is 9.21 Å². The lowest BCUT2D eigenvalue weighted by Crippen LogP contribution is -2.34. The van der Waals surface area contributed by atoms with Gasteiger partial charge >= 0.3 is 0 Å². The monoisotopic (exact) mass is 444 g/mol. The first kappa shape index (κ1) is 23.0. The van der Waals surface area contributed by atoms with E-state index < -0.39 is 0 Å². The predicted octanol–water partition coefficient (Wildman–Crippen LogP) is 4.27. The molecule has 0 bridgehead atoms. The van der Waals surface area contributed by atoms with Crippen molar-refractivity contribution in [1.82, 2.24) is 24.9 Å². The first-order valence-electron chi connectivity index (χ1n) is 10.3. The highest BCUT2D eigenvalue weighted by Gasteiger charge is 2.21. The highest BCUT2D eigenvalue weighted by atomic mass is 35.5. The summed E-state index contributed by atoms with van der Waals surface area (Å²) in [7, 11) is 1.82. The maximum absolute atomic E-state index is 12.7. The van der Waals surface area contributed by atoms with Gasteiger partial charge in [0.15, 0.2) is 0 Å². The smallest absolute Gasteiger partial charge is 0.249 e. The van der Waals surface area contributed by atoms with Crippen LogP contribution in [0.15, 0.2) is 34.7 Å². The molecule has 1 aromatic carbocycles. The molecule has 3 aromatic rings. The lowest BCUT2D eigenvalue weighted by Gasteiger charge is -2.19. The van der Waals surface area contributed by atoms with Gasteiger partial charge in [0, 0.05) is 18.5 Å². The van der Waals surface area contributed by atoms with Crippen LogP contribution in [0, 0.1) is 0 Å². The van der Waals surface area contributed by atoms with E-state index >= 15 is 0 Å². The number of halogens is 1. The maximum Gasteiger partial charge on any atom is 0.249 e. The third-order valence-electron chi connectivity index (χ3n) is 4.75. The molecule has 2 aromatic heterocycles. The first-order chi connectivity index (χ1) is 14.7. The Balaban J connectivity index is 1.66. The van der Waals surface area contributed by atoms with Gasteiger partial charge in [-0.1, -0.05) is 51.4 Å². The number of nitrogens with one attached hydrogen (secondary N) is 1. The summed E-state index contributed by atoms with van der Waals surface area (Å²) in [5.41, 5.74) is 1.52. The number of carbonyl (C=O) groups excluding carboxylic acids is 1. The van der Waals surface area contributed by atoms with Gasteiger partial charge in [-0.05, 0) is 25.1 Å². The predicted molar refractivity (Wildman–Crippen MR) is 121 cm³/mol. The lowest BCUT2D eigenvalue weighted by atomic mass is 9.92. The summed E-state index contributed by atoms with van der Waals surface area (Å²) < 4.78 is 7.48. The molecule has 166 valence electrons. The van der Waals surface area contributed by atoms with E-state index in [0.717, 1.165) is 18.7 Å². The highest BCUT2D eigenvalue weighted by molar-refractivity contribution is 6.33. The molecule has 0 radical (unpaired) electrons. The van der Waals surface area contributed by atoms with Crippen LogP contribution in [-0.2, 0) is 23.8 Å². The average Bonchev–Trinajstić information content (AvgIpc) is 3.29. The summed E-state index contributed by atoms with van der Waals surface area (Å²) >= 11 is 6.21. The van der Waals surface area contributed by atoms with E-state index in [9.17, 15) is 4.79 Å². The molecule has 1 amide bonds. The van der Waals surface area contributed by atoms with E-state index in [1.807, 2.05) is 36.2 Å². The zero-order valence-corrected chi connectivity index (χ0v) is 19.4. The van der Waals surface area contributed by atoms with Crippen LogP contribution in [0.25, 0.3) is 11.5 Å². The molecule has 1 N–H and O–H groups in total. The molecule has 0 saturated heterocycles. The molecule has 0 unspecified atom stereocenters. The quantitative estimate of drug-likeness (QED) is 0.558. The zero-order chi connectivity index (χ0) is 22.6. The molecule has 8 nitrogen and oxygen atoms in total. The van der Waals surface area contributed by atoms with Crippen molar-refractivity contribution in [2.24, 2.45) is 7.05 Å². The van der Waals surface area contributed by atoms with Crippen LogP contribution < -0.4 is 5.32 Å². The molecule has 0 atom stereocenters. The molecule has 0 aliphatic carbocycles. The normalized spacial score (nSPS) is 11.8. The lowest BCUT2D eigenvalue weighted by molar-refractivity contribution is -0.117. The van der Waals surface area contributed by atoms with Crippen molar-refractivity contribution in [2.45, 2.75) is 46.1 Å². The topological polar surface area (TPSA) is 89.1 Å². The van der Waals surface area contributed by atoms with Crippen LogP contribution >= 0.6 is 11.6 Å². The Morgan fingerprint density at radius 2 is 2.00 bits per heavy atom. The van der Waals surface area contributed by atoms with Gasteiger partial charge in [-0.15, -0.1) is 10.2 Å². The fraction of sp³-hybridized carbons (Fsp3) is 0.455. The van der Waals surface area contributed by atoms with E-state index in [-0.39, 0.29) is 17.9 Å². The maximum atomic E-state index is 12.7. The van der Waals surface area contributed by atoms with Crippen LogP contribution in [0.1, 0.15) is 45.7 Å². The summed E-state index contributed by atoms with van der Waals surface area (Å²) in [6, 6.07) is 9.23. The number of hydrogen-bond donors (Lipinski definition) is 1. The van der Waals surface area contributed by atoms with Crippen molar-refractivity contribution in [1.29, 1.82) is 0 Å². The number of nitrogens with zero attached hydrogens (tertiary/aromatic N) is 5. The Bertz CT molecular complexity index is 1040. The van der Waals surface area contributed by atoms with E-state index in [1.54, 1.807) is 10.7 Å². The summed E-state index contributed by atoms with van der Waals surface area (Å²) in [6.45, 7) is 9.62. The molecule has 0 aliphatic heterocycles. The second kappa shape index (κ2) is 9.62. The molecule has 0 spiro atoms.